The van der Waals surface area contributed by atoms with E-state index in [1.807, 2.05) is 6.92 Å². The van der Waals surface area contributed by atoms with Crippen molar-refractivity contribution in [1.29, 1.82) is 0 Å². The van der Waals surface area contributed by atoms with Crippen LogP contribution in [0.15, 0.2) is 24.5 Å². The summed E-state index contributed by atoms with van der Waals surface area (Å²) in [5.41, 5.74) is 3.78. The molecular weight excluding hydrogens is 247 g/mol. The molecule has 0 fully saturated rings. The van der Waals surface area contributed by atoms with Crippen molar-refractivity contribution in [2.45, 2.75) is 26.7 Å². The molecule has 1 N–H and O–H groups in total. The number of hydrogen-bond acceptors (Lipinski definition) is 2. The molecule has 18 heavy (non-hydrogen) atoms. The van der Waals surface area contributed by atoms with E-state index >= 15 is 0 Å². The van der Waals surface area contributed by atoms with E-state index < -0.39 is 0 Å². The largest absolute Gasteiger partial charge is 0.346 e. The highest BCUT2D eigenvalue weighted by Crippen LogP contribution is 2.29. The van der Waals surface area contributed by atoms with Gasteiger partial charge in [0.25, 0.3) is 0 Å². The highest BCUT2D eigenvalue weighted by atomic mass is 32.1. The lowest BCUT2D eigenvalue weighted by Gasteiger charge is -2.14. The highest BCUT2D eigenvalue weighted by Gasteiger charge is 2.13. The average molecular weight is 262 g/mol. The van der Waals surface area contributed by atoms with Gasteiger partial charge in [-0.2, -0.15) is 0 Å². The van der Waals surface area contributed by atoms with Crippen LogP contribution in [0.3, 0.4) is 0 Å². The van der Waals surface area contributed by atoms with Crippen LogP contribution in [0.25, 0.3) is 11.3 Å². The Hall–Kier alpha value is -1.55. The number of aromatic amines is 1. The molecule has 0 saturated carbocycles. The molecule has 0 amide bonds. The molecule has 1 aromatic heterocycles. The molecule has 0 atom stereocenters. The van der Waals surface area contributed by atoms with Crippen LogP contribution < -0.4 is 0 Å². The highest BCUT2D eigenvalue weighted by molar-refractivity contribution is 7.71. The zero-order valence-corrected chi connectivity index (χ0v) is 11.4. The summed E-state index contributed by atoms with van der Waals surface area (Å²) < 4.78 is 13.8. The van der Waals surface area contributed by atoms with Crippen LogP contribution in [0.2, 0.25) is 0 Å². The lowest BCUT2D eigenvalue weighted by molar-refractivity contribution is 0.627. The van der Waals surface area contributed by atoms with Gasteiger partial charge in [-0.15, -0.1) is 0 Å². The van der Waals surface area contributed by atoms with Gasteiger partial charge < -0.3 is 4.98 Å². The minimum absolute atomic E-state index is 0.227. The topological polar surface area (TPSA) is 28.7 Å². The zero-order chi connectivity index (χ0) is 13.3. The molecule has 0 unspecified atom stereocenters. The quantitative estimate of drug-likeness (QED) is 0.814. The first-order valence-corrected chi connectivity index (χ1v) is 6.25. The van der Waals surface area contributed by atoms with Crippen LogP contribution in [0.5, 0.6) is 0 Å². The van der Waals surface area contributed by atoms with E-state index in [4.69, 9.17) is 12.2 Å². The van der Waals surface area contributed by atoms with Gasteiger partial charge in [0, 0.05) is 11.1 Å². The van der Waals surface area contributed by atoms with E-state index in [0.29, 0.717) is 4.64 Å². The Kier molecular flexibility index (Phi) is 3.57. The third kappa shape index (κ3) is 2.34. The number of halogens is 1. The van der Waals surface area contributed by atoms with E-state index in [0.717, 1.165) is 22.4 Å². The third-order valence-corrected chi connectivity index (χ3v) is 3.25. The van der Waals surface area contributed by atoms with Gasteiger partial charge >= 0.3 is 0 Å². The molecule has 0 bridgehead atoms. The molecule has 0 saturated heterocycles. The molecule has 0 aliphatic heterocycles. The second-order valence-corrected chi connectivity index (χ2v) is 5.00. The van der Waals surface area contributed by atoms with E-state index in [-0.39, 0.29) is 11.7 Å². The normalized spacial score (nSPS) is 10.9. The lowest BCUT2D eigenvalue weighted by atomic mass is 9.96. The fourth-order valence-corrected chi connectivity index (χ4v) is 2.47. The van der Waals surface area contributed by atoms with Crippen molar-refractivity contribution in [3.8, 4) is 11.3 Å². The molecule has 1 heterocycles. The first-order valence-electron chi connectivity index (χ1n) is 5.84. The molecule has 0 radical (unpaired) electrons. The molecule has 1 aromatic carbocycles. The van der Waals surface area contributed by atoms with Crippen molar-refractivity contribution in [3.05, 3.63) is 46.1 Å². The Bertz CT molecular complexity index is 632. The maximum Gasteiger partial charge on any atom is 0.133 e. The molecule has 4 heteroatoms. The minimum Gasteiger partial charge on any atom is -0.346 e. The summed E-state index contributed by atoms with van der Waals surface area (Å²) in [6.45, 7) is 6.03. The number of nitrogens with zero attached hydrogens (tertiary/aromatic N) is 1. The molecule has 0 spiro atoms. The van der Waals surface area contributed by atoms with Gasteiger partial charge in [-0.05, 0) is 36.6 Å². The van der Waals surface area contributed by atoms with E-state index in [2.05, 4.69) is 23.8 Å². The fourth-order valence-electron chi connectivity index (χ4n) is 2.08. The van der Waals surface area contributed by atoms with Gasteiger partial charge in [-0.3, -0.25) is 0 Å². The SMILES string of the molecule is Cc1cc(F)ccc1-c1[nH]cnc(=S)c1C(C)C. The van der Waals surface area contributed by atoms with Crippen molar-refractivity contribution < 1.29 is 4.39 Å². The molecule has 2 aromatic rings. The number of nitrogens with one attached hydrogen (secondary N) is 1. The summed E-state index contributed by atoms with van der Waals surface area (Å²) in [4.78, 5) is 7.25. The Balaban J connectivity index is 2.71. The summed E-state index contributed by atoms with van der Waals surface area (Å²) >= 11 is 5.28. The summed E-state index contributed by atoms with van der Waals surface area (Å²) in [6.07, 6.45) is 1.59. The van der Waals surface area contributed by atoms with Gasteiger partial charge in [-0.1, -0.05) is 26.1 Å². The smallest absolute Gasteiger partial charge is 0.133 e. The van der Waals surface area contributed by atoms with E-state index in [9.17, 15) is 4.39 Å². The van der Waals surface area contributed by atoms with E-state index in [1.165, 1.54) is 12.1 Å². The summed E-state index contributed by atoms with van der Waals surface area (Å²) in [5, 5.41) is 0. The molecule has 94 valence electrons. The summed E-state index contributed by atoms with van der Waals surface area (Å²) in [6, 6.07) is 4.76. The van der Waals surface area contributed by atoms with E-state index in [1.54, 1.807) is 12.4 Å². The lowest BCUT2D eigenvalue weighted by Crippen LogP contribution is -2.00. The number of rotatable bonds is 2. The number of hydrogen-bond donors (Lipinski definition) is 1. The minimum atomic E-state index is -0.227. The molecule has 2 rings (SSSR count). The predicted octanol–water partition coefficient (Wildman–Crippen LogP) is 4.38. The van der Waals surface area contributed by atoms with Crippen molar-refractivity contribution >= 4 is 12.2 Å². The monoisotopic (exact) mass is 262 g/mol. The number of aromatic nitrogens is 2. The maximum atomic E-state index is 13.2. The van der Waals surface area contributed by atoms with Crippen molar-refractivity contribution in [1.82, 2.24) is 9.97 Å². The van der Waals surface area contributed by atoms with Gasteiger partial charge in [0.1, 0.15) is 10.5 Å². The number of H-pyrrole nitrogens is 1. The van der Waals surface area contributed by atoms with Crippen molar-refractivity contribution in [2.24, 2.45) is 0 Å². The van der Waals surface area contributed by atoms with Crippen LogP contribution in [0, 0.1) is 17.4 Å². The molecule has 0 aliphatic rings. The standard InChI is InChI=1S/C14H15FN2S/c1-8(2)12-13(16-7-17-14(12)18)11-5-4-10(15)6-9(11)3/h4-8H,1-3H3,(H,16,17,18). The van der Waals surface area contributed by atoms with Crippen molar-refractivity contribution in [2.75, 3.05) is 0 Å². The second-order valence-electron chi connectivity index (χ2n) is 4.61. The Labute approximate surface area is 111 Å². The van der Waals surface area contributed by atoms with Crippen LogP contribution in [-0.4, -0.2) is 9.97 Å². The number of benzene rings is 1. The first-order chi connectivity index (χ1) is 8.50. The van der Waals surface area contributed by atoms with Crippen LogP contribution >= 0.6 is 12.2 Å². The third-order valence-electron chi connectivity index (χ3n) is 2.93. The van der Waals surface area contributed by atoms with Gasteiger partial charge in [-0.25, -0.2) is 9.37 Å². The van der Waals surface area contributed by atoms with Crippen molar-refractivity contribution in [3.63, 3.8) is 0 Å². The predicted molar refractivity (Wildman–Crippen MR) is 73.6 cm³/mol. The van der Waals surface area contributed by atoms with Crippen LogP contribution in [0.4, 0.5) is 4.39 Å². The van der Waals surface area contributed by atoms with Crippen LogP contribution in [-0.2, 0) is 0 Å². The number of aryl methyl sites for hydroxylation is 1. The van der Waals surface area contributed by atoms with Gasteiger partial charge in [0.05, 0.1) is 12.0 Å². The summed E-state index contributed by atoms with van der Waals surface area (Å²) in [7, 11) is 0. The maximum absolute atomic E-state index is 13.2. The summed E-state index contributed by atoms with van der Waals surface area (Å²) in [5.74, 6) is 0.0388. The Morgan fingerprint density at radius 2 is 2.06 bits per heavy atom. The first kappa shape index (κ1) is 12.9. The fraction of sp³-hybridized carbons (Fsp3) is 0.286. The average Bonchev–Trinajstić information content (AvgIpc) is 2.28. The van der Waals surface area contributed by atoms with Gasteiger partial charge in [0.15, 0.2) is 0 Å². The second kappa shape index (κ2) is 4.98. The zero-order valence-electron chi connectivity index (χ0n) is 10.6. The Morgan fingerprint density at radius 3 is 2.67 bits per heavy atom. The van der Waals surface area contributed by atoms with Gasteiger partial charge in [0.2, 0.25) is 0 Å². The molecule has 0 aliphatic carbocycles. The molecular formula is C14H15FN2S. The molecule has 2 nitrogen and oxygen atoms in total. The van der Waals surface area contributed by atoms with Crippen LogP contribution in [0.1, 0.15) is 30.9 Å². The Morgan fingerprint density at radius 1 is 1.33 bits per heavy atom.